The summed E-state index contributed by atoms with van der Waals surface area (Å²) >= 11 is 1.26. The van der Waals surface area contributed by atoms with Crippen LogP contribution >= 0.6 is 11.3 Å². The molecule has 1 atom stereocenters. The Balaban J connectivity index is 1.14. The largest absolute Gasteiger partial charge is 0.312 e. The third-order valence-corrected chi connectivity index (χ3v) is 7.34. The van der Waals surface area contributed by atoms with Crippen molar-refractivity contribution in [1.29, 1.82) is 0 Å². The van der Waals surface area contributed by atoms with Crippen molar-refractivity contribution in [3.05, 3.63) is 69.7 Å². The zero-order valence-electron chi connectivity index (χ0n) is 20.0. The fraction of sp³-hybridized carbons (Fsp3) is 0.308. The molecule has 9 nitrogen and oxygen atoms in total. The number of carbonyl (C=O) groups excluding carboxylic acids is 4. The second-order valence-electron chi connectivity index (χ2n) is 9.16. The summed E-state index contributed by atoms with van der Waals surface area (Å²) in [5.41, 5.74) is 3.89. The summed E-state index contributed by atoms with van der Waals surface area (Å²) in [5, 5.41) is 12.1. The Bertz CT molecular complexity index is 1330. The third kappa shape index (κ3) is 4.64. The van der Waals surface area contributed by atoms with Crippen LogP contribution in [0.3, 0.4) is 0 Å². The molecule has 4 amide bonds. The van der Waals surface area contributed by atoms with Crippen molar-refractivity contribution in [2.75, 3.05) is 23.3 Å². The van der Waals surface area contributed by atoms with Gasteiger partial charge in [0.05, 0.1) is 11.1 Å². The van der Waals surface area contributed by atoms with Gasteiger partial charge in [-0.15, -0.1) is 10.2 Å². The first kappa shape index (κ1) is 23.8. The van der Waals surface area contributed by atoms with Crippen molar-refractivity contribution < 1.29 is 19.2 Å². The third-order valence-electron chi connectivity index (χ3n) is 6.34. The first-order chi connectivity index (χ1) is 17.3. The Morgan fingerprint density at radius 1 is 1.03 bits per heavy atom. The minimum absolute atomic E-state index is 0.0407. The molecule has 2 aliphatic heterocycles. The van der Waals surface area contributed by atoms with Gasteiger partial charge in [-0.05, 0) is 55.7 Å². The minimum Gasteiger partial charge on any atom is -0.312 e. The molecule has 1 aromatic heterocycles. The van der Waals surface area contributed by atoms with Crippen LogP contribution in [0.2, 0.25) is 0 Å². The molecule has 0 radical (unpaired) electrons. The SMILES string of the molecule is Cc1cc(C)cc(N2CC(c3nnc(NC(=O)CCCN4C(=O)c5ccccc5C4=O)s3)CC2=O)c1. The Labute approximate surface area is 212 Å². The highest BCUT2D eigenvalue weighted by atomic mass is 32.1. The predicted molar refractivity (Wildman–Crippen MR) is 135 cm³/mol. The summed E-state index contributed by atoms with van der Waals surface area (Å²) < 4.78 is 0. The van der Waals surface area contributed by atoms with Crippen LogP contribution in [-0.4, -0.2) is 51.8 Å². The number of aryl methyl sites for hydroxylation is 2. The van der Waals surface area contributed by atoms with E-state index in [9.17, 15) is 19.2 Å². The number of carbonyl (C=O) groups is 4. The van der Waals surface area contributed by atoms with Crippen LogP contribution in [0.4, 0.5) is 10.8 Å². The lowest BCUT2D eigenvalue weighted by molar-refractivity contribution is -0.117. The smallest absolute Gasteiger partial charge is 0.261 e. The number of hydrogen-bond donors (Lipinski definition) is 1. The number of rotatable bonds is 7. The predicted octanol–water partition coefficient (Wildman–Crippen LogP) is 3.69. The quantitative estimate of drug-likeness (QED) is 0.492. The van der Waals surface area contributed by atoms with E-state index in [4.69, 9.17) is 0 Å². The average molecular weight is 504 g/mol. The maximum Gasteiger partial charge on any atom is 0.261 e. The number of hydrogen-bond acceptors (Lipinski definition) is 7. The summed E-state index contributed by atoms with van der Waals surface area (Å²) in [6.07, 6.45) is 0.811. The molecule has 36 heavy (non-hydrogen) atoms. The van der Waals surface area contributed by atoms with Crippen LogP contribution in [0.25, 0.3) is 0 Å². The molecule has 1 N–H and O–H groups in total. The molecule has 0 saturated carbocycles. The second kappa shape index (κ2) is 9.62. The van der Waals surface area contributed by atoms with Gasteiger partial charge in [-0.1, -0.05) is 29.5 Å². The lowest BCUT2D eigenvalue weighted by Gasteiger charge is -2.17. The standard InChI is InChI=1S/C26H25N5O4S/c1-15-10-16(2)12-18(11-15)31-14-17(13-22(31)33)23-28-29-26(36-23)27-21(32)8-5-9-30-24(34)19-6-3-4-7-20(19)25(30)35/h3-4,6-7,10-12,17H,5,8-9,13-14H2,1-2H3,(H,27,29,32). The van der Waals surface area contributed by atoms with Crippen molar-refractivity contribution in [1.82, 2.24) is 15.1 Å². The number of benzene rings is 2. The molecule has 0 aliphatic carbocycles. The van der Waals surface area contributed by atoms with Crippen molar-refractivity contribution in [2.24, 2.45) is 0 Å². The number of nitrogens with zero attached hydrogens (tertiary/aromatic N) is 4. The minimum atomic E-state index is -0.328. The highest BCUT2D eigenvalue weighted by Crippen LogP contribution is 2.35. The number of fused-ring (bicyclic) bond motifs is 1. The molecule has 2 aliphatic rings. The number of nitrogens with one attached hydrogen (secondary N) is 1. The van der Waals surface area contributed by atoms with E-state index >= 15 is 0 Å². The van der Waals surface area contributed by atoms with Crippen molar-refractivity contribution >= 4 is 45.8 Å². The first-order valence-corrected chi connectivity index (χ1v) is 12.6. The van der Waals surface area contributed by atoms with Gasteiger partial charge in [-0.3, -0.25) is 24.1 Å². The van der Waals surface area contributed by atoms with Gasteiger partial charge in [-0.2, -0.15) is 0 Å². The monoisotopic (exact) mass is 503 g/mol. The molecule has 0 bridgehead atoms. The van der Waals surface area contributed by atoms with Gasteiger partial charge in [0.2, 0.25) is 16.9 Å². The van der Waals surface area contributed by atoms with E-state index < -0.39 is 0 Å². The first-order valence-electron chi connectivity index (χ1n) is 11.8. The fourth-order valence-corrected chi connectivity index (χ4v) is 5.55. The van der Waals surface area contributed by atoms with Gasteiger partial charge in [0.15, 0.2) is 0 Å². The van der Waals surface area contributed by atoms with Gasteiger partial charge in [-0.25, -0.2) is 0 Å². The van der Waals surface area contributed by atoms with Gasteiger partial charge < -0.3 is 10.2 Å². The van der Waals surface area contributed by atoms with Crippen molar-refractivity contribution in [3.63, 3.8) is 0 Å². The summed E-state index contributed by atoms with van der Waals surface area (Å²) in [6, 6.07) is 12.8. The van der Waals surface area contributed by atoms with Crippen molar-refractivity contribution in [3.8, 4) is 0 Å². The lowest BCUT2D eigenvalue weighted by atomic mass is 10.1. The zero-order valence-corrected chi connectivity index (χ0v) is 20.8. The molecule has 1 saturated heterocycles. The Hall–Kier alpha value is -3.92. The lowest BCUT2D eigenvalue weighted by Crippen LogP contribution is -2.31. The zero-order chi connectivity index (χ0) is 25.4. The Morgan fingerprint density at radius 2 is 1.69 bits per heavy atom. The highest BCUT2D eigenvalue weighted by molar-refractivity contribution is 7.15. The number of amides is 4. The van der Waals surface area contributed by atoms with E-state index in [1.165, 1.54) is 16.2 Å². The normalized spacial score (nSPS) is 17.2. The molecule has 1 unspecified atom stereocenters. The molecule has 10 heteroatoms. The molecule has 184 valence electrons. The molecule has 3 aromatic rings. The van der Waals surface area contributed by atoms with Crippen LogP contribution in [0.5, 0.6) is 0 Å². The maximum atomic E-state index is 12.7. The van der Waals surface area contributed by atoms with Crippen LogP contribution in [0, 0.1) is 13.8 Å². The van der Waals surface area contributed by atoms with Gasteiger partial charge >= 0.3 is 0 Å². The Kier molecular flexibility index (Phi) is 6.36. The number of aromatic nitrogens is 2. The van der Waals surface area contributed by atoms with Crippen LogP contribution in [0.1, 0.15) is 62.0 Å². The topological polar surface area (TPSA) is 113 Å². The van der Waals surface area contributed by atoms with E-state index in [-0.39, 0.29) is 42.5 Å². The van der Waals surface area contributed by atoms with E-state index in [2.05, 4.69) is 21.6 Å². The van der Waals surface area contributed by atoms with E-state index in [1.807, 2.05) is 26.0 Å². The Morgan fingerprint density at radius 3 is 2.36 bits per heavy atom. The van der Waals surface area contributed by atoms with Crippen LogP contribution < -0.4 is 10.2 Å². The fourth-order valence-electron chi connectivity index (χ4n) is 4.70. The van der Waals surface area contributed by atoms with Crippen LogP contribution in [-0.2, 0) is 9.59 Å². The molecule has 3 heterocycles. The molecule has 2 aromatic carbocycles. The van der Waals surface area contributed by atoms with E-state index in [0.29, 0.717) is 40.7 Å². The molecule has 1 fully saturated rings. The van der Waals surface area contributed by atoms with Crippen molar-refractivity contribution in [2.45, 2.75) is 39.0 Å². The molecule has 0 spiro atoms. The second-order valence-corrected chi connectivity index (χ2v) is 10.2. The average Bonchev–Trinajstić information content (AvgIpc) is 3.52. The van der Waals surface area contributed by atoms with E-state index in [0.717, 1.165) is 16.8 Å². The maximum absolute atomic E-state index is 12.7. The summed E-state index contributed by atoms with van der Waals surface area (Å²) in [6.45, 7) is 4.70. The van der Waals surface area contributed by atoms with Gasteiger partial charge in [0.1, 0.15) is 5.01 Å². The number of imide groups is 1. The number of anilines is 2. The summed E-state index contributed by atoms with van der Waals surface area (Å²) in [5.74, 6) is -0.973. The summed E-state index contributed by atoms with van der Waals surface area (Å²) in [7, 11) is 0. The highest BCUT2D eigenvalue weighted by Gasteiger charge is 2.35. The molecular formula is C26H25N5O4S. The van der Waals surface area contributed by atoms with Crippen LogP contribution in [0.15, 0.2) is 42.5 Å². The van der Waals surface area contributed by atoms with Gasteiger partial charge in [0, 0.05) is 37.5 Å². The van der Waals surface area contributed by atoms with Gasteiger partial charge in [0.25, 0.3) is 11.8 Å². The molecule has 5 rings (SSSR count). The molecular weight excluding hydrogens is 478 g/mol. The van der Waals surface area contributed by atoms with E-state index in [1.54, 1.807) is 29.2 Å². The summed E-state index contributed by atoms with van der Waals surface area (Å²) in [4.78, 5) is 52.9.